The molecule has 0 unspecified atom stereocenters. The van der Waals surface area contributed by atoms with Crippen molar-refractivity contribution in [3.63, 3.8) is 0 Å². The molecule has 0 saturated heterocycles. The predicted molar refractivity (Wildman–Crippen MR) is 153 cm³/mol. The molecule has 0 fully saturated rings. The predicted octanol–water partition coefficient (Wildman–Crippen LogP) is 6.95. The lowest BCUT2D eigenvalue weighted by Crippen LogP contribution is -2.21. The lowest BCUT2D eigenvalue weighted by atomic mass is 10.1. The molecule has 2 aliphatic rings. The average Bonchev–Trinajstić information content (AvgIpc) is 3.43. The Morgan fingerprint density at radius 1 is 0.818 bits per heavy atom. The van der Waals surface area contributed by atoms with Crippen LogP contribution in [-0.4, -0.2) is 53.8 Å². The second kappa shape index (κ2) is 14.7. The fourth-order valence-corrected chi connectivity index (χ4v) is 5.23. The lowest BCUT2D eigenvalue weighted by molar-refractivity contribution is -0.276. The topological polar surface area (TPSA) is 116 Å². The molecule has 2 heterocycles. The van der Waals surface area contributed by atoms with Crippen LogP contribution in [0.2, 0.25) is 0 Å². The molecule has 44 heavy (non-hydrogen) atoms. The van der Waals surface area contributed by atoms with Crippen molar-refractivity contribution in [2.24, 2.45) is 10.3 Å². The number of oxime groups is 2. The van der Waals surface area contributed by atoms with Gasteiger partial charge in [0.05, 0.1) is 6.61 Å². The third-order valence-corrected chi connectivity index (χ3v) is 7.41. The van der Waals surface area contributed by atoms with Crippen molar-refractivity contribution in [3.8, 4) is 11.5 Å². The van der Waals surface area contributed by atoms with Crippen LogP contribution in [0.25, 0.3) is 0 Å². The summed E-state index contributed by atoms with van der Waals surface area (Å²) in [6, 6.07) is 11.5. The number of benzene rings is 2. The van der Waals surface area contributed by atoms with Gasteiger partial charge in [-0.1, -0.05) is 46.7 Å². The maximum Gasteiger partial charge on any atom is 0.573 e. The quantitative estimate of drug-likeness (QED) is 0.339. The Morgan fingerprint density at radius 3 is 1.66 bits per heavy atom. The van der Waals surface area contributed by atoms with Crippen molar-refractivity contribution in [2.75, 3.05) is 6.26 Å². The van der Waals surface area contributed by atoms with Gasteiger partial charge in [0.25, 0.3) is 0 Å². The minimum Gasteiger partial charge on any atom is -0.405 e. The molecule has 0 atom stereocenters. The number of hydrogen-bond acceptors (Lipinski definition) is 10. The summed E-state index contributed by atoms with van der Waals surface area (Å²) in [7, 11) is -3.15. The highest BCUT2D eigenvalue weighted by Crippen LogP contribution is 2.33. The van der Waals surface area contributed by atoms with Gasteiger partial charge in [-0.25, -0.2) is 8.42 Å². The molecule has 2 aromatic carbocycles. The molecule has 17 heteroatoms. The molecule has 0 radical (unpaired) electrons. The molecule has 246 valence electrons. The highest BCUT2D eigenvalue weighted by molar-refractivity contribution is 8.13. The third-order valence-electron chi connectivity index (χ3n) is 5.33. The Kier molecular flexibility index (Phi) is 12.4. The van der Waals surface area contributed by atoms with Crippen molar-refractivity contribution >= 4 is 31.7 Å². The number of halogens is 6. The first-order chi connectivity index (χ1) is 20.1. The maximum absolute atomic E-state index is 12.3. The first kappa shape index (κ1) is 37.0. The fourth-order valence-electron chi connectivity index (χ4n) is 3.35. The normalized spacial score (nSPS) is 17.0. The van der Waals surface area contributed by atoms with Crippen LogP contribution in [0.5, 0.6) is 11.5 Å². The summed E-state index contributed by atoms with van der Waals surface area (Å²) in [6.45, 7) is 6.94. The van der Waals surface area contributed by atoms with E-state index in [9.17, 15) is 34.8 Å². The van der Waals surface area contributed by atoms with Gasteiger partial charge in [0, 0.05) is 36.0 Å². The summed E-state index contributed by atoms with van der Waals surface area (Å²) in [4.78, 5) is 10.1. The van der Waals surface area contributed by atoms with Gasteiger partial charge in [0.15, 0.2) is 14.9 Å². The average molecular weight is 675 g/mol. The van der Waals surface area contributed by atoms with Gasteiger partial charge in [-0.2, -0.15) is 0 Å². The van der Waals surface area contributed by atoms with Crippen LogP contribution in [0.1, 0.15) is 51.7 Å². The van der Waals surface area contributed by atoms with Crippen LogP contribution < -0.4 is 9.47 Å². The van der Waals surface area contributed by atoms with E-state index in [1.165, 1.54) is 42.1 Å². The van der Waals surface area contributed by atoms with Crippen LogP contribution in [0.15, 0.2) is 58.8 Å². The zero-order valence-corrected chi connectivity index (χ0v) is 26.0. The number of nitrogens with zero attached hydrogens (tertiary/aromatic N) is 2. The van der Waals surface area contributed by atoms with E-state index in [1.54, 1.807) is 26.0 Å². The summed E-state index contributed by atoms with van der Waals surface area (Å²) in [5.74, 6) is -0.186. The van der Waals surface area contributed by atoms with Gasteiger partial charge in [-0.3, -0.25) is 0 Å². The van der Waals surface area contributed by atoms with E-state index in [1.807, 2.05) is 13.8 Å². The molecule has 0 aliphatic carbocycles. The second-order valence-corrected chi connectivity index (χ2v) is 13.6. The first-order valence-corrected chi connectivity index (χ1v) is 15.6. The smallest absolute Gasteiger partial charge is 0.405 e. The van der Waals surface area contributed by atoms with Crippen molar-refractivity contribution in [1.29, 1.82) is 0 Å². The van der Waals surface area contributed by atoms with Gasteiger partial charge in [-0.15, -0.1) is 38.1 Å². The molecular weight excluding hydrogens is 642 g/mol. The Balaban J connectivity index is 0.000000244. The molecule has 1 N–H and O–H groups in total. The Bertz CT molecular complexity index is 1430. The number of aliphatic hydroxyl groups excluding tert-OH is 1. The summed E-state index contributed by atoms with van der Waals surface area (Å²) in [6.07, 6.45) is -7.25. The minimum absolute atomic E-state index is 0.111. The van der Waals surface area contributed by atoms with Crippen LogP contribution in [0.3, 0.4) is 0 Å². The number of ether oxygens (including phenoxy) is 2. The van der Waals surface area contributed by atoms with E-state index in [0.717, 1.165) is 17.4 Å². The van der Waals surface area contributed by atoms with Crippen molar-refractivity contribution in [2.45, 2.75) is 76.8 Å². The summed E-state index contributed by atoms with van der Waals surface area (Å²) in [5.41, 5.74) is -0.218. The molecule has 0 amide bonds. The van der Waals surface area contributed by atoms with Gasteiger partial charge < -0.3 is 24.3 Å². The van der Waals surface area contributed by atoms with E-state index in [-0.39, 0.29) is 27.7 Å². The monoisotopic (exact) mass is 674 g/mol. The molecule has 4 rings (SSSR count). The highest BCUT2D eigenvalue weighted by atomic mass is 32.2. The van der Waals surface area contributed by atoms with Crippen LogP contribution in [0.4, 0.5) is 26.3 Å². The van der Waals surface area contributed by atoms with E-state index < -0.39 is 34.8 Å². The molecule has 2 aromatic rings. The standard InChI is InChI=1S/C13H14F3NO2S.C8H7F3O2.C6H11NO3S/c1-12(2)7-11(17-19-12)20-8-9-5-3-4-6-10(9)18-13(14,15)16;9-8(10,11)13-7-4-2-1-3-6(7)5-12;1-6(2)4-5(7-10-6)11(3,8)9/h3-6H,7-8H2,1-2H3;1-4,12H,5H2;4H2,1-3H3. The van der Waals surface area contributed by atoms with Crippen LogP contribution in [-0.2, 0) is 31.9 Å². The van der Waals surface area contributed by atoms with Crippen molar-refractivity contribution in [1.82, 2.24) is 0 Å². The number of alkyl halides is 6. The Morgan fingerprint density at radius 2 is 1.27 bits per heavy atom. The number of rotatable bonds is 5. The molecule has 0 saturated carbocycles. The SMILES string of the molecule is CC1(C)CC(S(C)(=O)=O)=NO1.CC1(C)CC(SCc2ccccc2OC(F)(F)F)=NO1.OCc1ccccc1OC(F)(F)F. The minimum atomic E-state index is -4.72. The molecule has 0 spiro atoms. The van der Waals surface area contributed by atoms with E-state index >= 15 is 0 Å². The molecule has 0 aromatic heterocycles. The number of thioether (sulfide) groups is 1. The summed E-state index contributed by atoms with van der Waals surface area (Å²) < 4.78 is 102. The fraction of sp³-hybridized carbons (Fsp3) is 0.481. The second-order valence-electron chi connectivity index (χ2n) is 10.6. The number of hydrogen-bond donors (Lipinski definition) is 1. The molecular formula is C27H32F6N2O7S2. The highest BCUT2D eigenvalue weighted by Gasteiger charge is 2.34. The van der Waals surface area contributed by atoms with E-state index in [2.05, 4.69) is 19.8 Å². The maximum atomic E-state index is 12.3. The lowest BCUT2D eigenvalue weighted by Gasteiger charge is -2.14. The summed E-state index contributed by atoms with van der Waals surface area (Å²) >= 11 is 1.36. The zero-order valence-electron chi connectivity index (χ0n) is 24.3. The van der Waals surface area contributed by atoms with E-state index in [4.69, 9.17) is 14.8 Å². The molecule has 9 nitrogen and oxygen atoms in total. The van der Waals surface area contributed by atoms with Crippen LogP contribution >= 0.6 is 11.8 Å². The Hall–Kier alpha value is -3.18. The van der Waals surface area contributed by atoms with E-state index in [0.29, 0.717) is 24.2 Å². The third kappa shape index (κ3) is 13.6. The largest absolute Gasteiger partial charge is 0.573 e. The van der Waals surface area contributed by atoms with Gasteiger partial charge in [0.1, 0.15) is 27.7 Å². The van der Waals surface area contributed by atoms with Crippen LogP contribution in [0, 0.1) is 0 Å². The van der Waals surface area contributed by atoms with Gasteiger partial charge in [0.2, 0.25) is 0 Å². The number of aliphatic hydroxyl groups is 1. The zero-order chi connectivity index (χ0) is 33.4. The van der Waals surface area contributed by atoms with Gasteiger partial charge >= 0.3 is 12.7 Å². The van der Waals surface area contributed by atoms with Crippen molar-refractivity contribution in [3.05, 3.63) is 59.7 Å². The molecule has 2 aliphatic heterocycles. The Labute approximate surface area is 255 Å². The summed E-state index contributed by atoms with van der Waals surface area (Å²) in [5, 5.41) is 17.0. The number of para-hydroxylation sites is 2. The molecule has 0 bridgehead atoms. The van der Waals surface area contributed by atoms with Crippen molar-refractivity contribution < 1.29 is 59.0 Å². The van der Waals surface area contributed by atoms with Gasteiger partial charge in [-0.05, 0) is 39.8 Å². The number of sulfone groups is 1. The first-order valence-electron chi connectivity index (χ1n) is 12.7.